The molecule has 2 rings (SSSR count). The number of hydrogen-bond donors (Lipinski definition) is 2. The van der Waals surface area contributed by atoms with Crippen LogP contribution in [-0.4, -0.2) is 6.04 Å². The molecule has 1 fully saturated rings. The van der Waals surface area contributed by atoms with Crippen molar-refractivity contribution in [3.63, 3.8) is 0 Å². The van der Waals surface area contributed by atoms with Gasteiger partial charge in [-0.3, -0.25) is 11.3 Å². The minimum Gasteiger partial charge on any atom is -0.271 e. The second-order valence-corrected chi connectivity index (χ2v) is 6.13. The molecular formula is C16H30N2. The van der Waals surface area contributed by atoms with Gasteiger partial charge >= 0.3 is 0 Å². The Morgan fingerprint density at radius 1 is 0.944 bits per heavy atom. The molecule has 0 aromatic rings. The Labute approximate surface area is 112 Å². The van der Waals surface area contributed by atoms with E-state index in [1.54, 1.807) is 5.57 Å². The average Bonchev–Trinajstić information content (AvgIpc) is 2.61. The van der Waals surface area contributed by atoms with E-state index in [1.165, 1.54) is 77.0 Å². The highest BCUT2D eigenvalue weighted by atomic mass is 15.2. The van der Waals surface area contributed by atoms with E-state index in [1.807, 2.05) is 0 Å². The maximum Gasteiger partial charge on any atom is 0.0447 e. The molecule has 1 unspecified atom stereocenters. The Morgan fingerprint density at radius 3 is 2.33 bits per heavy atom. The van der Waals surface area contributed by atoms with Crippen LogP contribution < -0.4 is 11.3 Å². The van der Waals surface area contributed by atoms with Crippen molar-refractivity contribution in [2.75, 3.05) is 0 Å². The van der Waals surface area contributed by atoms with E-state index in [-0.39, 0.29) is 0 Å². The predicted molar refractivity (Wildman–Crippen MR) is 78.1 cm³/mol. The van der Waals surface area contributed by atoms with Gasteiger partial charge in [0.15, 0.2) is 0 Å². The topological polar surface area (TPSA) is 38.0 Å². The van der Waals surface area contributed by atoms with Gasteiger partial charge in [0.2, 0.25) is 0 Å². The Bertz CT molecular complexity index is 252. The van der Waals surface area contributed by atoms with Crippen LogP contribution >= 0.6 is 0 Å². The molecule has 2 aliphatic carbocycles. The van der Waals surface area contributed by atoms with Gasteiger partial charge in [-0.1, -0.05) is 50.2 Å². The summed E-state index contributed by atoms with van der Waals surface area (Å²) in [4.78, 5) is 0. The van der Waals surface area contributed by atoms with Crippen LogP contribution in [0.1, 0.15) is 77.0 Å². The van der Waals surface area contributed by atoms with Gasteiger partial charge in [-0.05, 0) is 44.4 Å². The van der Waals surface area contributed by atoms with E-state index < -0.39 is 0 Å². The number of rotatable bonds is 3. The lowest BCUT2D eigenvalue weighted by Gasteiger charge is -2.29. The van der Waals surface area contributed by atoms with Crippen molar-refractivity contribution in [2.24, 2.45) is 11.8 Å². The van der Waals surface area contributed by atoms with Crippen molar-refractivity contribution in [3.05, 3.63) is 11.6 Å². The molecule has 0 aromatic carbocycles. The lowest BCUT2D eigenvalue weighted by Crippen LogP contribution is -2.42. The minimum atomic E-state index is 0.459. The van der Waals surface area contributed by atoms with Gasteiger partial charge in [-0.2, -0.15) is 0 Å². The molecule has 0 radical (unpaired) electrons. The van der Waals surface area contributed by atoms with Crippen molar-refractivity contribution in [3.8, 4) is 0 Å². The largest absolute Gasteiger partial charge is 0.271 e. The first-order chi connectivity index (χ1) is 8.92. The molecule has 1 atom stereocenters. The Hall–Kier alpha value is -0.340. The van der Waals surface area contributed by atoms with Gasteiger partial charge in [-0.15, -0.1) is 0 Å². The van der Waals surface area contributed by atoms with Gasteiger partial charge in [0, 0.05) is 6.04 Å². The van der Waals surface area contributed by atoms with Crippen molar-refractivity contribution < 1.29 is 0 Å². The highest BCUT2D eigenvalue weighted by Gasteiger charge is 2.24. The lowest BCUT2D eigenvalue weighted by molar-refractivity contribution is 0.347. The smallest absolute Gasteiger partial charge is 0.0447 e. The SMILES string of the molecule is NNC(C1=CCCCCCC1)C1CCCCCC1. The van der Waals surface area contributed by atoms with Crippen LogP contribution in [0.3, 0.4) is 0 Å². The fourth-order valence-corrected chi connectivity index (χ4v) is 3.69. The van der Waals surface area contributed by atoms with E-state index in [0.29, 0.717) is 6.04 Å². The third-order valence-electron chi connectivity index (χ3n) is 4.78. The number of nitrogens with two attached hydrogens (primary N) is 1. The van der Waals surface area contributed by atoms with Gasteiger partial charge in [0.05, 0.1) is 0 Å². The molecule has 2 nitrogen and oxygen atoms in total. The average molecular weight is 250 g/mol. The number of hydrazine groups is 1. The Kier molecular flexibility index (Phi) is 6.22. The molecule has 3 N–H and O–H groups in total. The molecular weight excluding hydrogens is 220 g/mol. The molecule has 0 aromatic heterocycles. The maximum atomic E-state index is 5.88. The van der Waals surface area contributed by atoms with Crippen LogP contribution in [-0.2, 0) is 0 Å². The molecule has 0 bridgehead atoms. The zero-order valence-corrected chi connectivity index (χ0v) is 11.8. The molecule has 1 saturated carbocycles. The van der Waals surface area contributed by atoms with E-state index >= 15 is 0 Å². The molecule has 104 valence electrons. The van der Waals surface area contributed by atoms with Gasteiger partial charge in [0.1, 0.15) is 0 Å². The number of hydrogen-bond acceptors (Lipinski definition) is 2. The molecule has 18 heavy (non-hydrogen) atoms. The summed E-state index contributed by atoms with van der Waals surface area (Å²) < 4.78 is 0. The van der Waals surface area contributed by atoms with Crippen molar-refractivity contribution in [1.29, 1.82) is 0 Å². The summed E-state index contributed by atoms with van der Waals surface area (Å²) in [6.07, 6.45) is 18.9. The van der Waals surface area contributed by atoms with Crippen LogP contribution in [0, 0.1) is 5.92 Å². The highest BCUT2D eigenvalue weighted by molar-refractivity contribution is 5.13. The van der Waals surface area contributed by atoms with Gasteiger partial charge < -0.3 is 0 Å². The maximum absolute atomic E-state index is 5.88. The number of nitrogens with one attached hydrogen (secondary N) is 1. The molecule has 0 spiro atoms. The molecule has 0 saturated heterocycles. The third-order valence-corrected chi connectivity index (χ3v) is 4.78. The summed E-state index contributed by atoms with van der Waals surface area (Å²) in [7, 11) is 0. The first-order valence-corrected chi connectivity index (χ1v) is 8.07. The van der Waals surface area contributed by atoms with Crippen molar-refractivity contribution in [1.82, 2.24) is 5.43 Å². The van der Waals surface area contributed by atoms with E-state index in [9.17, 15) is 0 Å². The van der Waals surface area contributed by atoms with E-state index in [2.05, 4.69) is 11.5 Å². The fourth-order valence-electron chi connectivity index (χ4n) is 3.69. The zero-order chi connectivity index (χ0) is 12.6. The van der Waals surface area contributed by atoms with Gasteiger partial charge in [-0.25, -0.2) is 0 Å². The third kappa shape index (κ3) is 4.10. The molecule has 0 heterocycles. The summed E-state index contributed by atoms with van der Waals surface area (Å²) in [5.41, 5.74) is 4.76. The van der Waals surface area contributed by atoms with Gasteiger partial charge in [0.25, 0.3) is 0 Å². The Balaban J connectivity index is 2.00. The van der Waals surface area contributed by atoms with E-state index in [4.69, 9.17) is 5.84 Å². The first kappa shape index (κ1) is 14.1. The normalized spacial score (nSPS) is 25.7. The Morgan fingerprint density at radius 2 is 1.61 bits per heavy atom. The summed E-state index contributed by atoms with van der Waals surface area (Å²) in [5.74, 6) is 6.67. The summed E-state index contributed by atoms with van der Waals surface area (Å²) in [6, 6.07) is 0.459. The standard InChI is InChI=1S/C16H30N2/c17-18-16(15-12-8-4-5-9-13-15)14-10-6-2-1-3-7-11-14/h10,15-16,18H,1-9,11-13,17H2. The molecule has 2 heteroatoms. The molecule has 0 amide bonds. The van der Waals surface area contributed by atoms with Crippen molar-refractivity contribution in [2.45, 2.75) is 83.1 Å². The van der Waals surface area contributed by atoms with Crippen LogP contribution in [0.5, 0.6) is 0 Å². The summed E-state index contributed by atoms with van der Waals surface area (Å²) in [5, 5.41) is 0. The second kappa shape index (κ2) is 7.96. The predicted octanol–water partition coefficient (Wildman–Crippen LogP) is 4.07. The summed E-state index contributed by atoms with van der Waals surface area (Å²) in [6.45, 7) is 0. The van der Waals surface area contributed by atoms with E-state index in [0.717, 1.165) is 5.92 Å². The van der Waals surface area contributed by atoms with Crippen LogP contribution in [0.15, 0.2) is 11.6 Å². The lowest BCUT2D eigenvalue weighted by atomic mass is 9.84. The second-order valence-electron chi connectivity index (χ2n) is 6.13. The monoisotopic (exact) mass is 250 g/mol. The quantitative estimate of drug-likeness (QED) is 0.343. The van der Waals surface area contributed by atoms with Crippen LogP contribution in [0.2, 0.25) is 0 Å². The first-order valence-electron chi connectivity index (χ1n) is 8.07. The minimum absolute atomic E-state index is 0.459. The highest BCUT2D eigenvalue weighted by Crippen LogP contribution is 2.31. The van der Waals surface area contributed by atoms with Crippen LogP contribution in [0.4, 0.5) is 0 Å². The zero-order valence-electron chi connectivity index (χ0n) is 11.8. The fraction of sp³-hybridized carbons (Fsp3) is 0.875. The summed E-state index contributed by atoms with van der Waals surface area (Å²) >= 11 is 0. The molecule has 0 aliphatic heterocycles. The molecule has 2 aliphatic rings. The van der Waals surface area contributed by atoms with Crippen molar-refractivity contribution >= 4 is 0 Å². The van der Waals surface area contributed by atoms with Crippen LogP contribution in [0.25, 0.3) is 0 Å². The number of allylic oxidation sites excluding steroid dienone is 1.